The van der Waals surface area contributed by atoms with Gasteiger partial charge in [-0.25, -0.2) is 0 Å². The number of benzene rings is 2. The van der Waals surface area contributed by atoms with Crippen LogP contribution in [0.4, 0.5) is 5.69 Å². The average Bonchev–Trinajstić information content (AvgIpc) is 2.49. The maximum absolute atomic E-state index is 12.4. The van der Waals surface area contributed by atoms with Crippen LogP contribution in [0.3, 0.4) is 0 Å². The number of hydrogen-bond donors (Lipinski definition) is 1. The average molecular weight is 264 g/mol. The second-order valence-electron chi connectivity index (χ2n) is 4.61. The molecule has 0 heterocycles. The minimum atomic E-state index is -0.138. The van der Waals surface area contributed by atoms with Gasteiger partial charge in [0.1, 0.15) is 0 Å². The zero-order chi connectivity index (χ0) is 14.5. The molecule has 100 valence electrons. The summed E-state index contributed by atoms with van der Waals surface area (Å²) < 4.78 is 0. The molecule has 0 saturated heterocycles. The van der Waals surface area contributed by atoms with Gasteiger partial charge in [-0.3, -0.25) is 4.79 Å². The van der Waals surface area contributed by atoms with Gasteiger partial charge in [0.15, 0.2) is 0 Å². The van der Waals surface area contributed by atoms with E-state index in [0.29, 0.717) is 16.8 Å². The molecule has 0 aromatic heterocycles. The van der Waals surface area contributed by atoms with Crippen molar-refractivity contribution in [2.24, 2.45) is 0 Å². The third kappa shape index (κ3) is 2.86. The van der Waals surface area contributed by atoms with Crippen LogP contribution in [0.2, 0.25) is 0 Å². The Morgan fingerprint density at radius 3 is 2.70 bits per heavy atom. The Morgan fingerprint density at radius 1 is 1.25 bits per heavy atom. The van der Waals surface area contributed by atoms with Crippen molar-refractivity contribution < 1.29 is 4.79 Å². The fourth-order valence-corrected chi connectivity index (χ4v) is 2.07. The second-order valence-corrected chi connectivity index (χ2v) is 4.61. The lowest BCUT2D eigenvalue weighted by Crippen LogP contribution is -2.14. The number of anilines is 1. The number of nitriles is 1. The summed E-state index contributed by atoms with van der Waals surface area (Å²) in [5.74, 6) is -0.138. The van der Waals surface area contributed by atoms with E-state index in [9.17, 15) is 4.79 Å². The highest BCUT2D eigenvalue weighted by atomic mass is 16.1. The van der Waals surface area contributed by atoms with Gasteiger partial charge in [-0.2, -0.15) is 5.26 Å². The van der Waals surface area contributed by atoms with Crippen molar-refractivity contribution in [3.8, 4) is 6.07 Å². The normalized spacial score (nSPS) is 9.85. The minimum Gasteiger partial charge on any atom is -0.322 e. The molecule has 2 rings (SSSR count). The van der Waals surface area contributed by atoms with E-state index in [1.807, 2.05) is 44.2 Å². The fourth-order valence-electron chi connectivity index (χ4n) is 2.07. The molecule has 0 bridgehead atoms. The first-order valence-electron chi connectivity index (χ1n) is 6.55. The number of aryl methyl sites for hydroxylation is 2. The molecule has 0 saturated carbocycles. The predicted octanol–water partition coefficient (Wildman–Crippen LogP) is 3.68. The van der Waals surface area contributed by atoms with Crippen LogP contribution < -0.4 is 5.32 Å². The molecule has 0 radical (unpaired) electrons. The predicted molar refractivity (Wildman–Crippen MR) is 79.7 cm³/mol. The van der Waals surface area contributed by atoms with Crippen molar-refractivity contribution >= 4 is 11.6 Å². The van der Waals surface area contributed by atoms with Crippen LogP contribution in [0.15, 0.2) is 42.5 Å². The summed E-state index contributed by atoms with van der Waals surface area (Å²) in [5.41, 5.74) is 3.84. The Balaban J connectivity index is 2.30. The van der Waals surface area contributed by atoms with E-state index in [1.54, 1.807) is 12.1 Å². The third-order valence-corrected chi connectivity index (χ3v) is 3.26. The highest BCUT2D eigenvalue weighted by Gasteiger charge is 2.11. The maximum atomic E-state index is 12.4. The Kier molecular flexibility index (Phi) is 4.17. The number of hydrogen-bond acceptors (Lipinski definition) is 2. The first kappa shape index (κ1) is 13.8. The first-order valence-corrected chi connectivity index (χ1v) is 6.55. The van der Waals surface area contributed by atoms with Crippen LogP contribution in [0, 0.1) is 18.3 Å². The Bertz CT molecular complexity index is 684. The van der Waals surface area contributed by atoms with Gasteiger partial charge >= 0.3 is 0 Å². The molecule has 1 amide bonds. The summed E-state index contributed by atoms with van der Waals surface area (Å²) in [4.78, 5) is 12.4. The molecule has 0 spiro atoms. The molecule has 0 fully saturated rings. The summed E-state index contributed by atoms with van der Waals surface area (Å²) in [6, 6.07) is 14.9. The molecule has 0 aliphatic rings. The summed E-state index contributed by atoms with van der Waals surface area (Å²) >= 11 is 0. The number of nitrogens with one attached hydrogen (secondary N) is 1. The molecule has 0 aliphatic carbocycles. The Hall–Kier alpha value is -2.60. The summed E-state index contributed by atoms with van der Waals surface area (Å²) in [7, 11) is 0. The van der Waals surface area contributed by atoms with Crippen molar-refractivity contribution in [3.63, 3.8) is 0 Å². The van der Waals surface area contributed by atoms with Crippen molar-refractivity contribution in [1.82, 2.24) is 0 Å². The smallest absolute Gasteiger partial charge is 0.255 e. The lowest BCUT2D eigenvalue weighted by molar-refractivity contribution is 0.102. The van der Waals surface area contributed by atoms with E-state index in [1.165, 1.54) is 0 Å². The Labute approximate surface area is 118 Å². The molecule has 3 heteroatoms. The van der Waals surface area contributed by atoms with Crippen molar-refractivity contribution in [2.45, 2.75) is 20.3 Å². The van der Waals surface area contributed by atoms with E-state index >= 15 is 0 Å². The van der Waals surface area contributed by atoms with Gasteiger partial charge in [-0.05, 0) is 42.7 Å². The highest BCUT2D eigenvalue weighted by Crippen LogP contribution is 2.18. The number of rotatable bonds is 3. The molecule has 0 atom stereocenters. The largest absolute Gasteiger partial charge is 0.322 e. The third-order valence-electron chi connectivity index (χ3n) is 3.26. The van der Waals surface area contributed by atoms with Crippen LogP contribution >= 0.6 is 0 Å². The molecule has 0 unspecified atom stereocenters. The fraction of sp³-hybridized carbons (Fsp3) is 0.176. The van der Waals surface area contributed by atoms with Gasteiger partial charge in [0.05, 0.1) is 11.6 Å². The van der Waals surface area contributed by atoms with Crippen molar-refractivity contribution in [1.29, 1.82) is 5.26 Å². The zero-order valence-corrected chi connectivity index (χ0v) is 11.6. The van der Waals surface area contributed by atoms with Gasteiger partial charge in [-0.1, -0.05) is 31.2 Å². The summed E-state index contributed by atoms with van der Waals surface area (Å²) in [6.07, 6.45) is 0.806. The van der Waals surface area contributed by atoms with Crippen molar-refractivity contribution in [2.75, 3.05) is 5.32 Å². The van der Waals surface area contributed by atoms with Crippen LogP contribution in [0.5, 0.6) is 0 Å². The summed E-state index contributed by atoms with van der Waals surface area (Å²) in [6.45, 7) is 3.93. The van der Waals surface area contributed by atoms with Crippen LogP contribution in [0.25, 0.3) is 0 Å². The first-order chi connectivity index (χ1) is 9.65. The Morgan fingerprint density at radius 2 is 2.00 bits per heavy atom. The maximum Gasteiger partial charge on any atom is 0.255 e. The zero-order valence-electron chi connectivity index (χ0n) is 11.6. The SMILES string of the molecule is CCc1ccccc1C(=O)Nc1cc(C#N)ccc1C. The van der Waals surface area contributed by atoms with E-state index in [2.05, 4.69) is 11.4 Å². The molecular formula is C17H16N2O. The van der Waals surface area contributed by atoms with Gasteiger partial charge < -0.3 is 5.32 Å². The molecule has 3 nitrogen and oxygen atoms in total. The highest BCUT2D eigenvalue weighted by molar-refractivity contribution is 6.05. The van der Waals surface area contributed by atoms with Gasteiger partial charge in [-0.15, -0.1) is 0 Å². The van der Waals surface area contributed by atoms with E-state index in [-0.39, 0.29) is 5.91 Å². The van der Waals surface area contributed by atoms with Crippen molar-refractivity contribution in [3.05, 3.63) is 64.7 Å². The number of nitrogens with zero attached hydrogens (tertiary/aromatic N) is 1. The lowest BCUT2D eigenvalue weighted by atomic mass is 10.0. The number of carbonyl (C=O) groups excluding carboxylic acids is 1. The van der Waals surface area contributed by atoms with E-state index in [4.69, 9.17) is 5.26 Å². The molecule has 20 heavy (non-hydrogen) atoms. The molecular weight excluding hydrogens is 248 g/mol. The monoisotopic (exact) mass is 264 g/mol. The molecule has 2 aromatic carbocycles. The number of carbonyl (C=O) groups is 1. The lowest BCUT2D eigenvalue weighted by Gasteiger charge is -2.11. The molecule has 2 aromatic rings. The topological polar surface area (TPSA) is 52.9 Å². The van der Waals surface area contributed by atoms with Crippen LogP contribution in [-0.2, 0) is 6.42 Å². The molecule has 1 N–H and O–H groups in total. The quantitative estimate of drug-likeness (QED) is 0.919. The molecule has 0 aliphatic heterocycles. The minimum absolute atomic E-state index is 0.138. The van der Waals surface area contributed by atoms with E-state index < -0.39 is 0 Å². The van der Waals surface area contributed by atoms with Crippen LogP contribution in [0.1, 0.15) is 34.0 Å². The van der Waals surface area contributed by atoms with Gasteiger partial charge in [0.2, 0.25) is 0 Å². The van der Waals surface area contributed by atoms with Gasteiger partial charge in [0.25, 0.3) is 5.91 Å². The van der Waals surface area contributed by atoms with E-state index in [0.717, 1.165) is 17.5 Å². The standard InChI is InChI=1S/C17H16N2O/c1-3-14-6-4-5-7-15(14)17(20)19-16-10-13(11-18)9-8-12(16)2/h4-10H,3H2,1-2H3,(H,19,20). The van der Waals surface area contributed by atoms with Gasteiger partial charge in [0, 0.05) is 11.3 Å². The second kappa shape index (κ2) is 6.03. The summed E-state index contributed by atoms with van der Waals surface area (Å²) in [5, 5.41) is 11.8. The van der Waals surface area contributed by atoms with Crippen LogP contribution in [-0.4, -0.2) is 5.91 Å². The number of amides is 1.